The van der Waals surface area contributed by atoms with E-state index in [1.54, 1.807) is 4.57 Å². The molecule has 1 aliphatic rings. The molecule has 4 rings (SSSR count). The van der Waals surface area contributed by atoms with Gasteiger partial charge in [0.05, 0.1) is 0 Å². The standard InChI is InChI=1S/C20H23N5O2/c1-14-8-10-23(11-9-14)18(27)13-24-15(2)12-17(26)25-20(24)21-19(22-25)16-6-4-3-5-7-16/h3-7,12,14H,8-11,13H2,1-2H3. The topological polar surface area (TPSA) is 72.5 Å². The monoisotopic (exact) mass is 365 g/mol. The van der Waals surface area contributed by atoms with E-state index in [4.69, 9.17) is 0 Å². The van der Waals surface area contributed by atoms with Crippen LogP contribution in [0.25, 0.3) is 17.2 Å². The van der Waals surface area contributed by atoms with Crippen LogP contribution in [0.5, 0.6) is 0 Å². The molecule has 1 saturated heterocycles. The van der Waals surface area contributed by atoms with E-state index in [9.17, 15) is 9.59 Å². The summed E-state index contributed by atoms with van der Waals surface area (Å²) in [6.07, 6.45) is 2.07. The van der Waals surface area contributed by atoms with E-state index in [0.717, 1.165) is 31.5 Å². The lowest BCUT2D eigenvalue weighted by atomic mass is 9.99. The second-order valence-corrected chi connectivity index (χ2v) is 7.29. The number of carbonyl (C=O) groups excluding carboxylic acids is 1. The SMILES string of the molecule is Cc1cc(=O)n2nc(-c3ccccc3)nc2n1CC(=O)N1CCC(C)CC1. The van der Waals surface area contributed by atoms with Crippen molar-refractivity contribution < 1.29 is 4.79 Å². The summed E-state index contributed by atoms with van der Waals surface area (Å²) in [5.74, 6) is 1.60. The average molecular weight is 365 g/mol. The van der Waals surface area contributed by atoms with Crippen LogP contribution < -0.4 is 5.56 Å². The number of rotatable bonds is 3. The van der Waals surface area contributed by atoms with Crippen molar-refractivity contribution in [3.63, 3.8) is 0 Å². The van der Waals surface area contributed by atoms with Crippen LogP contribution in [-0.4, -0.2) is 43.1 Å². The zero-order chi connectivity index (χ0) is 19.0. The first-order valence-electron chi connectivity index (χ1n) is 9.33. The molecule has 27 heavy (non-hydrogen) atoms. The number of aromatic nitrogens is 4. The van der Waals surface area contributed by atoms with E-state index >= 15 is 0 Å². The predicted octanol–water partition coefficient (Wildman–Crippen LogP) is 2.12. The lowest BCUT2D eigenvalue weighted by Gasteiger charge is -2.30. The molecule has 2 aromatic heterocycles. The van der Waals surface area contributed by atoms with Gasteiger partial charge >= 0.3 is 0 Å². The molecule has 0 spiro atoms. The van der Waals surface area contributed by atoms with Gasteiger partial charge in [-0.05, 0) is 25.7 Å². The molecule has 140 valence electrons. The Morgan fingerprint density at radius 2 is 1.89 bits per heavy atom. The summed E-state index contributed by atoms with van der Waals surface area (Å²) in [6.45, 7) is 5.79. The molecule has 1 aliphatic heterocycles. The highest BCUT2D eigenvalue weighted by atomic mass is 16.2. The van der Waals surface area contributed by atoms with Gasteiger partial charge in [-0.1, -0.05) is 37.3 Å². The molecule has 1 aromatic carbocycles. The molecule has 1 fully saturated rings. The smallest absolute Gasteiger partial charge is 0.275 e. The van der Waals surface area contributed by atoms with E-state index in [1.807, 2.05) is 42.2 Å². The molecule has 0 aliphatic carbocycles. The maximum atomic E-state index is 12.8. The summed E-state index contributed by atoms with van der Waals surface area (Å²) >= 11 is 0. The third-order valence-corrected chi connectivity index (χ3v) is 5.26. The zero-order valence-electron chi connectivity index (χ0n) is 15.6. The van der Waals surface area contributed by atoms with E-state index in [-0.39, 0.29) is 18.0 Å². The fourth-order valence-corrected chi connectivity index (χ4v) is 3.50. The summed E-state index contributed by atoms with van der Waals surface area (Å²) < 4.78 is 3.06. The molecule has 0 saturated carbocycles. The maximum Gasteiger partial charge on any atom is 0.275 e. The molecule has 7 heteroatoms. The molecule has 0 radical (unpaired) electrons. The second kappa shape index (κ2) is 6.98. The number of amides is 1. The molecule has 0 N–H and O–H groups in total. The first kappa shape index (κ1) is 17.5. The number of fused-ring (bicyclic) bond motifs is 1. The van der Waals surface area contributed by atoms with Gasteiger partial charge in [0, 0.05) is 30.4 Å². The maximum absolute atomic E-state index is 12.8. The van der Waals surface area contributed by atoms with Crippen molar-refractivity contribution in [2.24, 2.45) is 5.92 Å². The number of benzene rings is 1. The molecule has 3 aromatic rings. The van der Waals surface area contributed by atoms with Crippen LogP contribution in [0.15, 0.2) is 41.2 Å². The molecular weight excluding hydrogens is 342 g/mol. The Bertz CT molecular complexity index is 1030. The number of nitrogens with zero attached hydrogens (tertiary/aromatic N) is 5. The zero-order valence-corrected chi connectivity index (χ0v) is 15.6. The first-order valence-corrected chi connectivity index (χ1v) is 9.33. The van der Waals surface area contributed by atoms with Crippen molar-refractivity contribution in [2.75, 3.05) is 13.1 Å². The molecule has 0 atom stereocenters. The van der Waals surface area contributed by atoms with Crippen LogP contribution in [0, 0.1) is 12.8 Å². The Hall–Kier alpha value is -2.96. The normalized spacial score (nSPS) is 15.4. The number of hydrogen-bond acceptors (Lipinski definition) is 4. The summed E-state index contributed by atoms with van der Waals surface area (Å²) in [5.41, 5.74) is 1.30. The van der Waals surface area contributed by atoms with Gasteiger partial charge in [-0.2, -0.15) is 9.50 Å². The summed E-state index contributed by atoms with van der Waals surface area (Å²) in [5, 5.41) is 4.36. The highest BCUT2D eigenvalue weighted by Crippen LogP contribution is 2.18. The van der Waals surface area contributed by atoms with Crippen LogP contribution in [0.1, 0.15) is 25.5 Å². The lowest BCUT2D eigenvalue weighted by Crippen LogP contribution is -2.40. The number of likely N-dealkylation sites (tertiary alicyclic amines) is 1. The Labute approximate surface area is 157 Å². The van der Waals surface area contributed by atoms with Crippen molar-refractivity contribution in [2.45, 2.75) is 33.2 Å². The molecule has 7 nitrogen and oxygen atoms in total. The highest BCUT2D eigenvalue weighted by Gasteiger charge is 2.22. The van der Waals surface area contributed by atoms with Crippen molar-refractivity contribution >= 4 is 11.7 Å². The van der Waals surface area contributed by atoms with Crippen LogP contribution >= 0.6 is 0 Å². The van der Waals surface area contributed by atoms with E-state index in [0.29, 0.717) is 23.2 Å². The van der Waals surface area contributed by atoms with E-state index < -0.39 is 0 Å². The third-order valence-electron chi connectivity index (χ3n) is 5.26. The molecule has 1 amide bonds. The summed E-state index contributed by atoms with van der Waals surface area (Å²) in [6, 6.07) is 11.0. The van der Waals surface area contributed by atoms with Crippen LogP contribution in [0.4, 0.5) is 0 Å². The van der Waals surface area contributed by atoms with Gasteiger partial charge in [-0.25, -0.2) is 0 Å². The molecule has 0 bridgehead atoms. The number of carbonyl (C=O) groups is 1. The Morgan fingerprint density at radius 1 is 1.19 bits per heavy atom. The minimum absolute atomic E-state index is 0.0554. The van der Waals surface area contributed by atoms with Crippen molar-refractivity contribution in [1.29, 1.82) is 0 Å². The Kier molecular flexibility index (Phi) is 4.51. The van der Waals surface area contributed by atoms with E-state index in [2.05, 4.69) is 17.0 Å². The summed E-state index contributed by atoms with van der Waals surface area (Å²) in [7, 11) is 0. The molecule has 3 heterocycles. The van der Waals surface area contributed by atoms with Crippen molar-refractivity contribution in [1.82, 2.24) is 24.1 Å². The fraction of sp³-hybridized carbons (Fsp3) is 0.400. The highest BCUT2D eigenvalue weighted by molar-refractivity contribution is 5.76. The average Bonchev–Trinajstić information content (AvgIpc) is 3.12. The molecule has 0 unspecified atom stereocenters. The van der Waals surface area contributed by atoms with Crippen LogP contribution in [-0.2, 0) is 11.3 Å². The van der Waals surface area contributed by atoms with Gasteiger partial charge in [0.1, 0.15) is 6.54 Å². The minimum atomic E-state index is -0.243. The van der Waals surface area contributed by atoms with Gasteiger partial charge in [-0.3, -0.25) is 9.59 Å². The predicted molar refractivity (Wildman–Crippen MR) is 102 cm³/mol. The number of aryl methyl sites for hydroxylation is 1. The fourth-order valence-electron chi connectivity index (χ4n) is 3.50. The Balaban J connectivity index is 1.71. The third kappa shape index (κ3) is 3.37. The lowest BCUT2D eigenvalue weighted by molar-refractivity contribution is -0.133. The van der Waals surface area contributed by atoms with Crippen LogP contribution in [0.2, 0.25) is 0 Å². The van der Waals surface area contributed by atoms with Gasteiger partial charge in [0.25, 0.3) is 5.56 Å². The first-order chi connectivity index (χ1) is 13.0. The van der Waals surface area contributed by atoms with Gasteiger partial charge in [-0.15, -0.1) is 5.10 Å². The quantitative estimate of drug-likeness (QED) is 0.713. The minimum Gasteiger partial charge on any atom is -0.341 e. The summed E-state index contributed by atoms with van der Waals surface area (Å²) in [4.78, 5) is 31.6. The largest absolute Gasteiger partial charge is 0.341 e. The van der Waals surface area contributed by atoms with Gasteiger partial charge in [0.15, 0.2) is 5.82 Å². The van der Waals surface area contributed by atoms with Crippen molar-refractivity contribution in [3.05, 3.63) is 52.4 Å². The number of piperidine rings is 1. The van der Waals surface area contributed by atoms with Crippen LogP contribution in [0.3, 0.4) is 0 Å². The van der Waals surface area contributed by atoms with Gasteiger partial charge < -0.3 is 9.47 Å². The molecular formula is C20H23N5O2. The Morgan fingerprint density at radius 3 is 2.59 bits per heavy atom. The van der Waals surface area contributed by atoms with E-state index in [1.165, 1.54) is 10.6 Å². The number of hydrogen-bond donors (Lipinski definition) is 0. The van der Waals surface area contributed by atoms with Gasteiger partial charge in [0.2, 0.25) is 11.7 Å². The van der Waals surface area contributed by atoms with Crippen molar-refractivity contribution in [3.8, 4) is 11.4 Å². The second-order valence-electron chi connectivity index (χ2n) is 7.29.